The molecule has 0 saturated heterocycles. The molecule has 0 aliphatic rings. The first-order chi connectivity index (χ1) is 20.0. The molecule has 1 atom stereocenters. The number of hydrogen-bond donors (Lipinski definition) is 1. The minimum absolute atomic E-state index is 0.299. The Bertz CT molecular complexity index is 1770. The van der Waals surface area contributed by atoms with E-state index in [-0.39, 0.29) is 0 Å². The number of fused-ring (bicyclic) bond motifs is 1. The molecule has 0 spiro atoms. The molecule has 4 nitrogen and oxygen atoms in total. The van der Waals surface area contributed by atoms with Crippen molar-refractivity contribution in [2.45, 2.75) is 25.9 Å². The summed E-state index contributed by atoms with van der Waals surface area (Å²) in [4.78, 5) is 11.8. The second-order valence-electron chi connectivity index (χ2n) is 10.3. The summed E-state index contributed by atoms with van der Waals surface area (Å²) in [5, 5.41) is 10.8. The Balaban J connectivity index is 1.24. The Hall–Kier alpha value is -5.09. The summed E-state index contributed by atoms with van der Waals surface area (Å²) in [6.45, 7) is 2.08. The number of carboxylic acids is 1. The van der Waals surface area contributed by atoms with Gasteiger partial charge >= 0.3 is 5.97 Å². The van der Waals surface area contributed by atoms with E-state index in [1.165, 1.54) is 5.56 Å². The van der Waals surface area contributed by atoms with E-state index in [0.717, 1.165) is 56.5 Å². The SMILES string of the molecule is Cc1cccc2c(-c3ccc(-c4ccc(OC(Cc5ccccc5)C(=O)O)cc4)cc3)c(Cc3ccccc3)oc12. The number of ether oxygens (including phenoxy) is 1. The number of carbonyl (C=O) groups is 1. The average molecular weight is 539 g/mol. The first-order valence-electron chi connectivity index (χ1n) is 13.7. The van der Waals surface area contributed by atoms with Crippen LogP contribution in [0, 0.1) is 6.92 Å². The van der Waals surface area contributed by atoms with Crippen LogP contribution in [0.4, 0.5) is 0 Å². The van der Waals surface area contributed by atoms with Crippen molar-refractivity contribution in [3.63, 3.8) is 0 Å². The minimum Gasteiger partial charge on any atom is -0.478 e. The van der Waals surface area contributed by atoms with E-state index in [9.17, 15) is 9.90 Å². The number of aliphatic carboxylic acids is 1. The number of rotatable bonds is 9. The van der Waals surface area contributed by atoms with Crippen LogP contribution < -0.4 is 4.74 Å². The maximum atomic E-state index is 11.8. The summed E-state index contributed by atoms with van der Waals surface area (Å²) in [6.07, 6.45) is 0.0595. The van der Waals surface area contributed by atoms with Crippen molar-refractivity contribution in [2.24, 2.45) is 0 Å². The summed E-state index contributed by atoms with van der Waals surface area (Å²) in [5.74, 6) is 0.500. The molecule has 1 unspecified atom stereocenters. The third-order valence-electron chi connectivity index (χ3n) is 7.37. The van der Waals surface area contributed by atoms with Crippen molar-refractivity contribution in [1.82, 2.24) is 0 Å². The third-order valence-corrected chi connectivity index (χ3v) is 7.37. The second-order valence-corrected chi connectivity index (χ2v) is 10.3. The number of hydrogen-bond acceptors (Lipinski definition) is 3. The highest BCUT2D eigenvalue weighted by Crippen LogP contribution is 2.38. The molecule has 0 bridgehead atoms. The van der Waals surface area contributed by atoms with Crippen molar-refractivity contribution in [3.8, 4) is 28.0 Å². The molecule has 1 heterocycles. The first-order valence-corrected chi connectivity index (χ1v) is 13.7. The van der Waals surface area contributed by atoms with Gasteiger partial charge in [0.05, 0.1) is 0 Å². The Kier molecular flexibility index (Phi) is 7.38. The molecule has 5 aromatic carbocycles. The van der Waals surface area contributed by atoms with Gasteiger partial charge in [0.15, 0.2) is 6.10 Å². The van der Waals surface area contributed by atoms with Gasteiger partial charge in [0.2, 0.25) is 0 Å². The summed E-state index contributed by atoms with van der Waals surface area (Å²) >= 11 is 0. The second kappa shape index (κ2) is 11.6. The molecule has 1 aromatic heterocycles. The molecule has 0 aliphatic heterocycles. The lowest BCUT2D eigenvalue weighted by atomic mass is 9.96. The predicted octanol–water partition coefficient (Wildman–Crippen LogP) is 8.74. The minimum atomic E-state index is -0.984. The predicted molar refractivity (Wildman–Crippen MR) is 163 cm³/mol. The van der Waals surface area contributed by atoms with E-state index >= 15 is 0 Å². The fraction of sp³-hybridized carbons (Fsp3) is 0.108. The van der Waals surface area contributed by atoms with Crippen LogP contribution in [0.5, 0.6) is 5.75 Å². The number of furan rings is 1. The lowest BCUT2D eigenvalue weighted by Gasteiger charge is -2.15. The Labute approximate surface area is 239 Å². The summed E-state index contributed by atoms with van der Waals surface area (Å²) < 4.78 is 12.3. The van der Waals surface area contributed by atoms with Crippen LogP contribution in [-0.2, 0) is 17.6 Å². The fourth-order valence-electron chi connectivity index (χ4n) is 5.26. The summed E-state index contributed by atoms with van der Waals surface area (Å²) in [7, 11) is 0. The molecule has 6 rings (SSSR count). The van der Waals surface area contributed by atoms with Crippen LogP contribution in [0.1, 0.15) is 22.5 Å². The fourth-order valence-corrected chi connectivity index (χ4v) is 5.26. The van der Waals surface area contributed by atoms with Gasteiger partial charge in [-0.05, 0) is 52.4 Å². The zero-order valence-corrected chi connectivity index (χ0v) is 22.8. The van der Waals surface area contributed by atoms with E-state index in [2.05, 4.69) is 73.7 Å². The molecule has 41 heavy (non-hydrogen) atoms. The van der Waals surface area contributed by atoms with Gasteiger partial charge in [0, 0.05) is 23.8 Å². The van der Waals surface area contributed by atoms with Crippen molar-refractivity contribution >= 4 is 16.9 Å². The van der Waals surface area contributed by atoms with Crippen LogP contribution in [0.25, 0.3) is 33.2 Å². The highest BCUT2D eigenvalue weighted by molar-refractivity contribution is 5.97. The zero-order chi connectivity index (χ0) is 28.2. The molecule has 0 aliphatic carbocycles. The van der Waals surface area contributed by atoms with Gasteiger partial charge in [0.1, 0.15) is 17.1 Å². The zero-order valence-electron chi connectivity index (χ0n) is 22.8. The number of benzene rings is 5. The van der Waals surface area contributed by atoms with Crippen molar-refractivity contribution in [1.29, 1.82) is 0 Å². The molecule has 0 fully saturated rings. The lowest BCUT2D eigenvalue weighted by molar-refractivity contribution is -0.145. The number of carboxylic acid groups (broad SMARTS) is 1. The number of para-hydroxylation sites is 1. The monoisotopic (exact) mass is 538 g/mol. The van der Waals surface area contributed by atoms with Crippen molar-refractivity contribution in [2.75, 3.05) is 0 Å². The van der Waals surface area contributed by atoms with Gasteiger partial charge in [-0.25, -0.2) is 4.79 Å². The van der Waals surface area contributed by atoms with E-state index < -0.39 is 12.1 Å². The normalized spacial score (nSPS) is 11.8. The molecule has 6 aromatic rings. The van der Waals surface area contributed by atoms with Crippen LogP contribution in [0.3, 0.4) is 0 Å². The Morgan fingerprint density at radius 1 is 0.707 bits per heavy atom. The smallest absolute Gasteiger partial charge is 0.345 e. The van der Waals surface area contributed by atoms with Crippen molar-refractivity contribution in [3.05, 3.63) is 150 Å². The van der Waals surface area contributed by atoms with Crippen LogP contribution >= 0.6 is 0 Å². The first kappa shape index (κ1) is 26.1. The maximum absolute atomic E-state index is 11.8. The van der Waals surface area contributed by atoms with Crippen molar-refractivity contribution < 1.29 is 19.1 Å². The van der Waals surface area contributed by atoms with E-state index in [4.69, 9.17) is 9.15 Å². The van der Waals surface area contributed by atoms with Gasteiger partial charge in [0.25, 0.3) is 0 Å². The quantitative estimate of drug-likeness (QED) is 0.200. The summed E-state index contributed by atoms with van der Waals surface area (Å²) in [5.41, 5.74) is 8.50. The molecule has 0 saturated carbocycles. The molecule has 4 heteroatoms. The highest BCUT2D eigenvalue weighted by Gasteiger charge is 2.20. The van der Waals surface area contributed by atoms with Gasteiger partial charge in [-0.1, -0.05) is 115 Å². The molecular formula is C37H30O4. The molecule has 0 amide bonds. The molecule has 1 N–H and O–H groups in total. The van der Waals surface area contributed by atoms with E-state index in [0.29, 0.717) is 12.2 Å². The van der Waals surface area contributed by atoms with Gasteiger partial charge in [-0.3, -0.25) is 0 Å². The van der Waals surface area contributed by atoms with Gasteiger partial charge in [-0.2, -0.15) is 0 Å². The van der Waals surface area contributed by atoms with Gasteiger partial charge in [-0.15, -0.1) is 0 Å². The summed E-state index contributed by atoms with van der Waals surface area (Å²) in [6, 6.07) is 42.3. The van der Waals surface area contributed by atoms with Gasteiger partial charge < -0.3 is 14.3 Å². The van der Waals surface area contributed by atoms with Crippen LogP contribution in [-0.4, -0.2) is 17.2 Å². The van der Waals surface area contributed by atoms with Crippen LogP contribution in [0.15, 0.2) is 132 Å². The number of aryl methyl sites for hydroxylation is 1. The molecule has 202 valence electrons. The van der Waals surface area contributed by atoms with Crippen LogP contribution in [0.2, 0.25) is 0 Å². The topological polar surface area (TPSA) is 59.7 Å². The largest absolute Gasteiger partial charge is 0.478 e. The average Bonchev–Trinajstić information content (AvgIpc) is 3.37. The highest BCUT2D eigenvalue weighted by atomic mass is 16.5. The molecular weight excluding hydrogens is 508 g/mol. The third kappa shape index (κ3) is 5.78. The Morgan fingerprint density at radius 2 is 1.29 bits per heavy atom. The Morgan fingerprint density at radius 3 is 1.93 bits per heavy atom. The molecule has 0 radical (unpaired) electrons. The standard InChI is InChI=1S/C37H30O4/c1-25-9-8-14-32-35(33(41-36(25)32)23-26-10-4-2-5-11-26)30-17-15-28(16-18-30)29-19-21-31(22-20-29)40-34(37(38)39)24-27-12-6-3-7-13-27/h2-22,34H,23-24H2,1H3,(H,38,39). The van der Waals surface area contributed by atoms with E-state index in [1.807, 2.05) is 60.7 Å². The van der Waals surface area contributed by atoms with E-state index in [1.54, 1.807) is 0 Å². The maximum Gasteiger partial charge on any atom is 0.345 e. The lowest BCUT2D eigenvalue weighted by Crippen LogP contribution is -2.29.